The summed E-state index contributed by atoms with van der Waals surface area (Å²) in [7, 11) is 0. The Labute approximate surface area is 155 Å². The molecule has 0 N–H and O–H groups in total. The molecule has 0 spiro atoms. The number of aromatic nitrogens is 6. The normalized spacial score (nSPS) is 11.0. The van der Waals surface area contributed by atoms with Gasteiger partial charge in [0, 0.05) is 10.0 Å². The molecular formula is C16H10BrClN6O. The molecule has 9 heteroatoms. The van der Waals surface area contributed by atoms with Crippen molar-refractivity contribution in [3.05, 3.63) is 63.9 Å². The van der Waals surface area contributed by atoms with Crippen molar-refractivity contribution in [1.29, 1.82) is 0 Å². The highest BCUT2D eigenvalue weighted by Gasteiger charge is 2.13. The van der Waals surface area contributed by atoms with Crippen LogP contribution in [0.4, 0.5) is 0 Å². The van der Waals surface area contributed by atoms with Crippen molar-refractivity contribution in [2.45, 2.75) is 6.54 Å². The lowest BCUT2D eigenvalue weighted by Crippen LogP contribution is -2.05. The van der Waals surface area contributed by atoms with E-state index in [1.165, 1.54) is 4.80 Å². The lowest BCUT2D eigenvalue weighted by atomic mass is 10.2. The average molecular weight is 418 g/mol. The molecule has 0 radical (unpaired) electrons. The molecule has 0 aliphatic heterocycles. The highest BCUT2D eigenvalue weighted by atomic mass is 79.9. The van der Waals surface area contributed by atoms with E-state index in [1.54, 1.807) is 6.07 Å². The molecule has 0 amide bonds. The van der Waals surface area contributed by atoms with Gasteiger partial charge in [0.1, 0.15) is 6.54 Å². The van der Waals surface area contributed by atoms with Crippen LogP contribution < -0.4 is 0 Å². The lowest BCUT2D eigenvalue weighted by Gasteiger charge is -1.96. The van der Waals surface area contributed by atoms with Gasteiger partial charge in [0.2, 0.25) is 5.82 Å². The number of hydrogen-bond acceptors (Lipinski definition) is 6. The van der Waals surface area contributed by atoms with Crippen molar-refractivity contribution in [3.63, 3.8) is 0 Å². The fourth-order valence-corrected chi connectivity index (χ4v) is 2.69. The molecule has 2 aromatic heterocycles. The molecule has 0 fully saturated rings. The molecule has 0 aliphatic rings. The zero-order chi connectivity index (χ0) is 17.2. The summed E-state index contributed by atoms with van der Waals surface area (Å²) >= 11 is 9.54. The number of rotatable bonds is 4. The van der Waals surface area contributed by atoms with Crippen molar-refractivity contribution < 1.29 is 4.52 Å². The quantitative estimate of drug-likeness (QED) is 0.501. The van der Waals surface area contributed by atoms with Crippen LogP contribution in [0.3, 0.4) is 0 Å². The molecule has 0 bridgehead atoms. The van der Waals surface area contributed by atoms with Crippen molar-refractivity contribution in [1.82, 2.24) is 30.3 Å². The third-order valence-electron chi connectivity index (χ3n) is 3.41. The van der Waals surface area contributed by atoms with E-state index in [9.17, 15) is 0 Å². The van der Waals surface area contributed by atoms with Gasteiger partial charge in [-0.1, -0.05) is 44.8 Å². The second kappa shape index (κ2) is 6.73. The van der Waals surface area contributed by atoms with Crippen LogP contribution in [-0.4, -0.2) is 30.3 Å². The maximum absolute atomic E-state index is 6.14. The van der Waals surface area contributed by atoms with Gasteiger partial charge in [0.15, 0.2) is 5.82 Å². The Bertz CT molecular complexity index is 1010. The first-order chi connectivity index (χ1) is 12.2. The molecule has 0 unspecified atom stereocenters. The van der Waals surface area contributed by atoms with Crippen molar-refractivity contribution >= 4 is 27.5 Å². The van der Waals surface area contributed by atoms with Crippen LogP contribution in [0.2, 0.25) is 5.02 Å². The molecule has 2 aromatic carbocycles. The third kappa shape index (κ3) is 3.45. The van der Waals surface area contributed by atoms with E-state index in [-0.39, 0.29) is 6.54 Å². The summed E-state index contributed by atoms with van der Waals surface area (Å²) in [6.45, 7) is 0.248. The number of hydrogen-bond donors (Lipinski definition) is 0. The molecule has 0 saturated carbocycles. The first-order valence-corrected chi connectivity index (χ1v) is 8.47. The zero-order valence-corrected chi connectivity index (χ0v) is 15.0. The van der Waals surface area contributed by atoms with Gasteiger partial charge in [-0.3, -0.25) is 0 Å². The van der Waals surface area contributed by atoms with Crippen LogP contribution in [0.1, 0.15) is 5.82 Å². The molecule has 0 aliphatic carbocycles. The standard InChI is InChI=1S/C16H10BrClN6O/c17-11-7-5-10(6-8-11)15-20-23-24(21-15)9-14-19-16(25-22-14)12-3-1-2-4-13(12)18/h1-8H,9H2. The van der Waals surface area contributed by atoms with Gasteiger partial charge in [-0.05, 0) is 41.6 Å². The van der Waals surface area contributed by atoms with Crippen molar-refractivity contribution in [3.8, 4) is 22.8 Å². The van der Waals surface area contributed by atoms with E-state index < -0.39 is 0 Å². The van der Waals surface area contributed by atoms with E-state index >= 15 is 0 Å². The van der Waals surface area contributed by atoms with Gasteiger partial charge in [0.25, 0.3) is 5.89 Å². The Morgan fingerprint density at radius 1 is 1.08 bits per heavy atom. The summed E-state index contributed by atoms with van der Waals surface area (Å²) in [5, 5.41) is 16.9. The molecule has 0 atom stereocenters. The van der Waals surface area contributed by atoms with E-state index in [1.807, 2.05) is 42.5 Å². The second-order valence-electron chi connectivity index (χ2n) is 5.15. The highest BCUT2D eigenvalue weighted by Crippen LogP contribution is 2.25. The third-order valence-corrected chi connectivity index (χ3v) is 4.27. The Kier molecular flexibility index (Phi) is 4.29. The summed E-state index contributed by atoms with van der Waals surface area (Å²) in [5.74, 6) is 1.32. The molecule has 4 aromatic rings. The predicted molar refractivity (Wildman–Crippen MR) is 94.8 cm³/mol. The van der Waals surface area contributed by atoms with Crippen LogP contribution >= 0.6 is 27.5 Å². The molecule has 4 rings (SSSR count). The fourth-order valence-electron chi connectivity index (χ4n) is 2.21. The zero-order valence-electron chi connectivity index (χ0n) is 12.7. The maximum Gasteiger partial charge on any atom is 0.259 e. The monoisotopic (exact) mass is 416 g/mol. The highest BCUT2D eigenvalue weighted by molar-refractivity contribution is 9.10. The van der Waals surface area contributed by atoms with Gasteiger partial charge < -0.3 is 4.52 Å². The van der Waals surface area contributed by atoms with Crippen molar-refractivity contribution in [2.75, 3.05) is 0 Å². The minimum absolute atomic E-state index is 0.248. The largest absolute Gasteiger partial charge is 0.334 e. The van der Waals surface area contributed by atoms with E-state index in [0.717, 1.165) is 10.0 Å². The van der Waals surface area contributed by atoms with Crippen LogP contribution in [0.25, 0.3) is 22.8 Å². The average Bonchev–Trinajstić information content (AvgIpc) is 3.26. The molecular weight excluding hydrogens is 408 g/mol. The summed E-state index contributed by atoms with van der Waals surface area (Å²) in [5.41, 5.74) is 1.56. The molecule has 25 heavy (non-hydrogen) atoms. The van der Waals surface area contributed by atoms with Gasteiger partial charge in [-0.15, -0.1) is 10.2 Å². The number of nitrogens with zero attached hydrogens (tertiary/aromatic N) is 6. The first kappa shape index (κ1) is 15.9. The topological polar surface area (TPSA) is 82.5 Å². The van der Waals surface area contributed by atoms with Crippen molar-refractivity contribution in [2.24, 2.45) is 0 Å². The van der Waals surface area contributed by atoms with E-state index in [4.69, 9.17) is 16.1 Å². The molecule has 124 valence electrons. The summed E-state index contributed by atoms with van der Waals surface area (Å²) in [6, 6.07) is 14.9. The van der Waals surface area contributed by atoms with Crippen LogP contribution in [0.15, 0.2) is 57.5 Å². The summed E-state index contributed by atoms with van der Waals surface area (Å²) in [4.78, 5) is 5.75. The SMILES string of the molecule is Clc1ccccc1-c1nc(Cn2nnc(-c3ccc(Br)cc3)n2)no1. The minimum Gasteiger partial charge on any atom is -0.334 e. The molecule has 2 heterocycles. The van der Waals surface area contributed by atoms with Gasteiger partial charge >= 0.3 is 0 Å². The van der Waals surface area contributed by atoms with Gasteiger partial charge in [-0.25, -0.2) is 0 Å². The minimum atomic E-state index is 0.248. The maximum atomic E-state index is 6.14. The molecule has 0 saturated heterocycles. The van der Waals surface area contributed by atoms with Gasteiger partial charge in [0.05, 0.1) is 10.6 Å². The van der Waals surface area contributed by atoms with Crippen LogP contribution in [0.5, 0.6) is 0 Å². The Morgan fingerprint density at radius 3 is 2.68 bits per heavy atom. The summed E-state index contributed by atoms with van der Waals surface area (Å²) in [6.07, 6.45) is 0. The van der Waals surface area contributed by atoms with E-state index in [0.29, 0.717) is 28.1 Å². The number of halogens is 2. The predicted octanol–water partition coefficient (Wildman–Crippen LogP) is 3.85. The van der Waals surface area contributed by atoms with E-state index in [2.05, 4.69) is 41.5 Å². The first-order valence-electron chi connectivity index (χ1n) is 7.30. The number of benzene rings is 2. The fraction of sp³-hybridized carbons (Fsp3) is 0.0625. The van der Waals surface area contributed by atoms with Crippen LogP contribution in [0, 0.1) is 0 Å². The van der Waals surface area contributed by atoms with Crippen LogP contribution in [-0.2, 0) is 6.54 Å². The Balaban J connectivity index is 1.54. The summed E-state index contributed by atoms with van der Waals surface area (Å²) < 4.78 is 6.26. The Hall–Kier alpha value is -2.58. The number of tetrazole rings is 1. The van der Waals surface area contributed by atoms with Gasteiger partial charge in [-0.2, -0.15) is 9.78 Å². The smallest absolute Gasteiger partial charge is 0.259 e. The lowest BCUT2D eigenvalue weighted by molar-refractivity contribution is 0.415. The Morgan fingerprint density at radius 2 is 1.88 bits per heavy atom. The second-order valence-corrected chi connectivity index (χ2v) is 6.47. The molecule has 7 nitrogen and oxygen atoms in total.